The molecule has 1 amide bonds. The molecule has 1 N–H and O–H groups in total. The monoisotopic (exact) mass is 414 g/mol. The third-order valence-electron chi connectivity index (χ3n) is 3.85. The summed E-state index contributed by atoms with van der Waals surface area (Å²) in [6.07, 6.45) is 1.36. The first kappa shape index (κ1) is 20.6. The molecule has 0 spiro atoms. The number of aryl methyl sites for hydroxylation is 1. The van der Waals surface area contributed by atoms with Crippen molar-refractivity contribution in [3.63, 3.8) is 0 Å². The topological polar surface area (TPSA) is 66.5 Å². The van der Waals surface area contributed by atoms with Gasteiger partial charge in [-0.25, -0.2) is 8.42 Å². The molecule has 0 radical (unpaired) electrons. The molecule has 0 bridgehead atoms. The van der Waals surface area contributed by atoms with Crippen molar-refractivity contribution in [1.82, 2.24) is 0 Å². The first-order valence-corrected chi connectivity index (χ1v) is 10.6. The van der Waals surface area contributed by atoms with Crippen LogP contribution in [-0.2, 0) is 14.8 Å². The molecule has 5 nitrogen and oxygen atoms in total. The van der Waals surface area contributed by atoms with E-state index in [1.54, 1.807) is 49.4 Å². The van der Waals surface area contributed by atoms with Gasteiger partial charge in [0.2, 0.25) is 15.9 Å². The summed E-state index contributed by atoms with van der Waals surface area (Å²) < 4.78 is 25.8. The molecule has 1 atom stereocenters. The molecule has 0 heterocycles. The smallest absolute Gasteiger partial charge is 0.248 e. The number of rotatable bonds is 6. The van der Waals surface area contributed by atoms with Crippen molar-refractivity contribution < 1.29 is 13.2 Å². The van der Waals surface area contributed by atoms with Crippen LogP contribution < -0.4 is 9.62 Å². The van der Waals surface area contributed by atoms with Gasteiger partial charge in [-0.2, -0.15) is 0 Å². The van der Waals surface area contributed by atoms with Gasteiger partial charge in [-0.05, 0) is 55.3 Å². The van der Waals surface area contributed by atoms with Gasteiger partial charge in [0.1, 0.15) is 6.04 Å². The fourth-order valence-electron chi connectivity index (χ4n) is 2.54. The number of carbonyl (C=O) groups excluding carboxylic acids is 1. The maximum atomic E-state index is 12.8. The summed E-state index contributed by atoms with van der Waals surface area (Å²) in [5.74, 6) is -0.437. The molecule has 0 fully saturated rings. The first-order chi connectivity index (χ1) is 12.1. The number of hydrogen-bond acceptors (Lipinski definition) is 3. The molecular weight excluding hydrogens is 395 g/mol. The Kier molecular flexibility index (Phi) is 6.55. The Bertz CT molecular complexity index is 899. The van der Waals surface area contributed by atoms with E-state index in [-0.39, 0.29) is 0 Å². The van der Waals surface area contributed by atoms with E-state index in [9.17, 15) is 13.2 Å². The van der Waals surface area contributed by atoms with E-state index in [1.165, 1.54) is 0 Å². The van der Waals surface area contributed by atoms with E-state index in [0.717, 1.165) is 16.1 Å². The van der Waals surface area contributed by atoms with E-state index in [4.69, 9.17) is 23.2 Å². The van der Waals surface area contributed by atoms with Gasteiger partial charge < -0.3 is 5.32 Å². The van der Waals surface area contributed by atoms with Gasteiger partial charge in [-0.1, -0.05) is 36.2 Å². The highest BCUT2D eigenvalue weighted by atomic mass is 35.5. The maximum absolute atomic E-state index is 12.8. The van der Waals surface area contributed by atoms with Crippen LogP contribution in [0.3, 0.4) is 0 Å². The fourth-order valence-corrected chi connectivity index (χ4v) is 4.06. The van der Waals surface area contributed by atoms with E-state index < -0.39 is 22.0 Å². The molecule has 2 aromatic rings. The van der Waals surface area contributed by atoms with Crippen LogP contribution in [0.2, 0.25) is 10.0 Å². The summed E-state index contributed by atoms with van der Waals surface area (Å²) in [4.78, 5) is 12.8. The van der Waals surface area contributed by atoms with Crippen LogP contribution in [0.4, 0.5) is 11.4 Å². The molecule has 0 aliphatic rings. The molecule has 2 aromatic carbocycles. The van der Waals surface area contributed by atoms with Crippen LogP contribution in [0.15, 0.2) is 42.5 Å². The average molecular weight is 415 g/mol. The van der Waals surface area contributed by atoms with Gasteiger partial charge in [0.25, 0.3) is 0 Å². The van der Waals surface area contributed by atoms with Crippen LogP contribution in [0.25, 0.3) is 0 Å². The second kappa shape index (κ2) is 8.29. The Morgan fingerprint density at radius 2 is 1.77 bits per heavy atom. The summed E-state index contributed by atoms with van der Waals surface area (Å²) in [6.45, 7) is 3.61. The first-order valence-electron chi connectivity index (χ1n) is 7.95. The van der Waals surface area contributed by atoms with Crippen molar-refractivity contribution in [3.05, 3.63) is 58.1 Å². The number of benzene rings is 2. The largest absolute Gasteiger partial charge is 0.324 e. The fraction of sp³-hybridized carbons (Fsp3) is 0.278. The highest BCUT2D eigenvalue weighted by molar-refractivity contribution is 7.92. The minimum atomic E-state index is -3.69. The second-order valence-electron chi connectivity index (χ2n) is 5.91. The summed E-state index contributed by atoms with van der Waals surface area (Å²) in [7, 11) is -3.69. The van der Waals surface area contributed by atoms with Crippen LogP contribution in [0, 0.1) is 6.92 Å². The highest BCUT2D eigenvalue weighted by Gasteiger charge is 2.31. The molecule has 140 valence electrons. The zero-order chi connectivity index (χ0) is 19.5. The molecule has 0 saturated carbocycles. The lowest BCUT2D eigenvalue weighted by molar-refractivity contribution is -0.117. The van der Waals surface area contributed by atoms with Crippen LogP contribution in [0.1, 0.15) is 18.9 Å². The van der Waals surface area contributed by atoms with Crippen LogP contribution in [0.5, 0.6) is 0 Å². The SMILES string of the molecule is CC[C@H](C(=O)Nc1ccc(C)c(Cl)c1)N(c1ccc(Cl)cc1)S(C)(=O)=O. The quantitative estimate of drug-likeness (QED) is 0.756. The van der Waals surface area contributed by atoms with Crippen molar-refractivity contribution in [3.8, 4) is 0 Å². The summed E-state index contributed by atoms with van der Waals surface area (Å²) in [5, 5.41) is 3.74. The van der Waals surface area contributed by atoms with Gasteiger partial charge in [0.15, 0.2) is 0 Å². The average Bonchev–Trinajstić information content (AvgIpc) is 2.56. The Morgan fingerprint density at radius 3 is 2.27 bits per heavy atom. The number of hydrogen-bond donors (Lipinski definition) is 1. The summed E-state index contributed by atoms with van der Waals surface area (Å²) in [5.41, 5.74) is 1.77. The van der Waals surface area contributed by atoms with E-state index in [2.05, 4.69) is 5.32 Å². The third kappa shape index (κ3) is 4.90. The molecule has 0 unspecified atom stereocenters. The van der Waals surface area contributed by atoms with Gasteiger partial charge in [-0.3, -0.25) is 9.10 Å². The predicted octanol–water partition coefficient (Wildman–Crippen LogP) is 4.49. The molecule has 0 aliphatic heterocycles. The molecular formula is C18H20Cl2N2O3S. The van der Waals surface area contributed by atoms with Gasteiger partial charge >= 0.3 is 0 Å². The summed E-state index contributed by atoms with van der Waals surface area (Å²) in [6, 6.07) is 10.5. The zero-order valence-electron chi connectivity index (χ0n) is 14.7. The van der Waals surface area contributed by atoms with Gasteiger partial charge in [0, 0.05) is 15.7 Å². The molecule has 2 rings (SSSR count). The molecule has 0 aromatic heterocycles. The minimum Gasteiger partial charge on any atom is -0.324 e. The zero-order valence-corrected chi connectivity index (χ0v) is 17.0. The minimum absolute atomic E-state index is 0.293. The van der Waals surface area contributed by atoms with Crippen molar-refractivity contribution in [2.45, 2.75) is 26.3 Å². The van der Waals surface area contributed by atoms with Crippen LogP contribution >= 0.6 is 23.2 Å². The second-order valence-corrected chi connectivity index (χ2v) is 8.62. The normalized spacial score (nSPS) is 12.5. The maximum Gasteiger partial charge on any atom is 0.248 e. The number of halogens is 2. The van der Waals surface area contributed by atoms with Gasteiger partial charge in [-0.15, -0.1) is 0 Å². The third-order valence-corrected chi connectivity index (χ3v) is 5.69. The molecule has 0 aliphatic carbocycles. The van der Waals surface area contributed by atoms with Crippen molar-refractivity contribution >= 4 is 50.5 Å². The number of anilines is 2. The van der Waals surface area contributed by atoms with Crippen molar-refractivity contribution in [1.29, 1.82) is 0 Å². The number of sulfonamides is 1. The van der Waals surface area contributed by atoms with Crippen LogP contribution in [-0.4, -0.2) is 26.6 Å². The van der Waals surface area contributed by atoms with E-state index in [1.807, 2.05) is 6.92 Å². The van der Waals surface area contributed by atoms with Gasteiger partial charge in [0.05, 0.1) is 11.9 Å². The van der Waals surface area contributed by atoms with E-state index >= 15 is 0 Å². The predicted molar refractivity (Wildman–Crippen MR) is 108 cm³/mol. The molecule has 0 saturated heterocycles. The molecule has 26 heavy (non-hydrogen) atoms. The van der Waals surface area contributed by atoms with Crippen molar-refractivity contribution in [2.24, 2.45) is 0 Å². The standard InChI is InChI=1S/C18H20Cl2N2O3S/c1-4-17(18(23)21-14-8-5-12(2)16(20)11-14)22(26(3,24)25)15-9-6-13(19)7-10-15/h5-11,17H,4H2,1-3H3,(H,21,23)/t17-/m1/s1. The Balaban J connectivity index is 2.36. The number of carbonyl (C=O) groups is 1. The Hall–Kier alpha value is -1.76. The lowest BCUT2D eigenvalue weighted by Crippen LogP contribution is -2.47. The highest BCUT2D eigenvalue weighted by Crippen LogP contribution is 2.26. The Morgan fingerprint density at radius 1 is 1.15 bits per heavy atom. The lowest BCUT2D eigenvalue weighted by atomic mass is 10.1. The van der Waals surface area contributed by atoms with E-state index in [0.29, 0.717) is 27.8 Å². The number of nitrogens with one attached hydrogen (secondary N) is 1. The van der Waals surface area contributed by atoms with Crippen molar-refractivity contribution in [2.75, 3.05) is 15.9 Å². The summed E-state index contributed by atoms with van der Waals surface area (Å²) >= 11 is 12.0. The Labute approximate surface area is 164 Å². The number of nitrogens with zero attached hydrogens (tertiary/aromatic N) is 1. The lowest BCUT2D eigenvalue weighted by Gasteiger charge is -2.30. The molecule has 8 heteroatoms. The number of amides is 1.